The number of amides is 1. The molecule has 1 saturated carbocycles. The van der Waals surface area contributed by atoms with Crippen LogP contribution in [0.3, 0.4) is 0 Å². The van der Waals surface area contributed by atoms with Crippen LogP contribution in [0.2, 0.25) is 0 Å². The second kappa shape index (κ2) is 5.24. The summed E-state index contributed by atoms with van der Waals surface area (Å²) in [6.07, 6.45) is 3.97. The number of carbonyl (C=O) groups is 1. The highest BCUT2D eigenvalue weighted by Gasteiger charge is 2.51. The molecule has 3 heteroatoms. The highest BCUT2D eigenvalue weighted by Crippen LogP contribution is 2.49. The molecule has 0 bridgehead atoms. The Morgan fingerprint density at radius 1 is 1.14 bits per heavy atom. The van der Waals surface area contributed by atoms with E-state index in [1.165, 1.54) is 11.1 Å². The fourth-order valence-corrected chi connectivity index (χ4v) is 3.96. The Bertz CT molecular complexity index is 736. The summed E-state index contributed by atoms with van der Waals surface area (Å²) in [7, 11) is 0. The van der Waals surface area contributed by atoms with Crippen molar-refractivity contribution in [2.75, 3.05) is 0 Å². The molecule has 1 amide bonds. The van der Waals surface area contributed by atoms with Crippen LogP contribution in [0.15, 0.2) is 53.0 Å². The number of fused-ring (bicyclic) bond motifs is 1. The molecule has 0 aromatic heterocycles. The second-order valence-corrected chi connectivity index (χ2v) is 7.27. The topological polar surface area (TPSA) is 29.1 Å². The predicted octanol–water partition coefficient (Wildman–Crippen LogP) is 4.28. The van der Waals surface area contributed by atoms with E-state index in [0.29, 0.717) is 0 Å². The van der Waals surface area contributed by atoms with E-state index in [9.17, 15) is 4.79 Å². The van der Waals surface area contributed by atoms with Gasteiger partial charge in [-0.25, -0.2) is 0 Å². The monoisotopic (exact) mass is 355 g/mol. The predicted molar refractivity (Wildman–Crippen MR) is 90.7 cm³/mol. The smallest absolute Gasteiger partial charge is 0.231 e. The third kappa shape index (κ3) is 2.28. The normalized spacial score (nSPS) is 21.2. The van der Waals surface area contributed by atoms with E-state index in [0.717, 1.165) is 35.7 Å². The van der Waals surface area contributed by atoms with E-state index in [4.69, 9.17) is 0 Å². The Morgan fingerprint density at radius 3 is 2.73 bits per heavy atom. The Labute approximate surface area is 139 Å². The number of hydrogen-bond donors (Lipinski definition) is 1. The molecule has 2 nitrogen and oxygen atoms in total. The number of hydrogen-bond acceptors (Lipinski definition) is 1. The molecule has 2 aliphatic rings. The van der Waals surface area contributed by atoms with Gasteiger partial charge in [0.15, 0.2) is 0 Å². The Morgan fingerprint density at radius 2 is 1.95 bits per heavy atom. The fourth-order valence-electron chi connectivity index (χ4n) is 3.56. The summed E-state index contributed by atoms with van der Waals surface area (Å²) < 4.78 is 1.04. The largest absolute Gasteiger partial charge is 0.349 e. The van der Waals surface area contributed by atoms with Crippen LogP contribution in [-0.4, -0.2) is 5.91 Å². The van der Waals surface area contributed by atoms with Crippen LogP contribution in [0.25, 0.3) is 0 Å². The van der Waals surface area contributed by atoms with Gasteiger partial charge < -0.3 is 5.32 Å². The average Bonchev–Trinajstić information content (AvgIpc) is 3.25. The molecule has 0 heterocycles. The van der Waals surface area contributed by atoms with Gasteiger partial charge in [-0.2, -0.15) is 0 Å². The van der Waals surface area contributed by atoms with E-state index in [2.05, 4.69) is 57.6 Å². The van der Waals surface area contributed by atoms with Crippen molar-refractivity contribution < 1.29 is 4.79 Å². The van der Waals surface area contributed by atoms with Gasteiger partial charge in [-0.1, -0.05) is 52.3 Å². The van der Waals surface area contributed by atoms with Gasteiger partial charge in [-0.15, -0.1) is 0 Å². The number of halogens is 1. The van der Waals surface area contributed by atoms with E-state index >= 15 is 0 Å². The van der Waals surface area contributed by atoms with Gasteiger partial charge >= 0.3 is 0 Å². The molecule has 2 aromatic carbocycles. The summed E-state index contributed by atoms with van der Waals surface area (Å²) in [5, 5.41) is 3.30. The maximum Gasteiger partial charge on any atom is 0.231 e. The fraction of sp³-hybridized carbons (Fsp3) is 0.316. The molecule has 4 rings (SSSR count). The van der Waals surface area contributed by atoms with Crippen molar-refractivity contribution in [3.8, 4) is 0 Å². The zero-order valence-corrected chi connectivity index (χ0v) is 13.9. The third-order valence-corrected chi connectivity index (χ3v) is 5.49. The standard InChI is InChI=1S/C19H18BrNO/c20-15-6-3-5-14(12-15)19(10-11-19)18(22)21-17-9-8-13-4-1-2-7-16(13)17/h1-7,12,17H,8-11H2,(H,21,22). The SMILES string of the molecule is O=C(NC1CCc2ccccc21)C1(c2cccc(Br)c2)CC1. The Hall–Kier alpha value is -1.61. The number of benzene rings is 2. The lowest BCUT2D eigenvalue weighted by atomic mass is 9.94. The van der Waals surface area contributed by atoms with Crippen LogP contribution in [0.5, 0.6) is 0 Å². The van der Waals surface area contributed by atoms with E-state index in [1.807, 2.05) is 12.1 Å². The van der Waals surface area contributed by atoms with Crippen molar-refractivity contribution in [2.24, 2.45) is 0 Å². The highest BCUT2D eigenvalue weighted by molar-refractivity contribution is 9.10. The van der Waals surface area contributed by atoms with Gasteiger partial charge in [0.25, 0.3) is 0 Å². The molecule has 1 fully saturated rings. The summed E-state index contributed by atoms with van der Waals surface area (Å²) >= 11 is 3.51. The van der Waals surface area contributed by atoms with Crippen LogP contribution in [-0.2, 0) is 16.6 Å². The summed E-state index contributed by atoms with van der Waals surface area (Å²) in [6, 6.07) is 16.8. The third-order valence-electron chi connectivity index (χ3n) is 5.00. The minimum atomic E-state index is -0.304. The van der Waals surface area contributed by atoms with Crippen molar-refractivity contribution in [2.45, 2.75) is 37.1 Å². The quantitative estimate of drug-likeness (QED) is 0.874. The van der Waals surface area contributed by atoms with Crippen LogP contribution >= 0.6 is 15.9 Å². The van der Waals surface area contributed by atoms with Gasteiger partial charge in [0.05, 0.1) is 11.5 Å². The lowest BCUT2D eigenvalue weighted by Crippen LogP contribution is -2.36. The molecule has 22 heavy (non-hydrogen) atoms. The first-order valence-electron chi connectivity index (χ1n) is 7.84. The van der Waals surface area contributed by atoms with Gasteiger partial charge in [-0.3, -0.25) is 4.79 Å². The first-order chi connectivity index (χ1) is 10.7. The second-order valence-electron chi connectivity index (χ2n) is 6.36. The summed E-state index contributed by atoms with van der Waals surface area (Å²) in [4.78, 5) is 12.9. The zero-order chi connectivity index (χ0) is 15.2. The lowest BCUT2D eigenvalue weighted by Gasteiger charge is -2.20. The van der Waals surface area contributed by atoms with E-state index in [1.54, 1.807) is 0 Å². The van der Waals surface area contributed by atoms with E-state index < -0.39 is 0 Å². The van der Waals surface area contributed by atoms with Crippen LogP contribution in [0, 0.1) is 0 Å². The average molecular weight is 356 g/mol. The molecule has 0 aliphatic heterocycles. The zero-order valence-electron chi connectivity index (χ0n) is 12.3. The van der Waals surface area contributed by atoms with Crippen molar-refractivity contribution in [1.82, 2.24) is 5.32 Å². The molecule has 1 N–H and O–H groups in total. The lowest BCUT2D eigenvalue weighted by molar-refractivity contribution is -0.124. The Balaban J connectivity index is 1.56. The molecule has 1 atom stereocenters. The summed E-state index contributed by atoms with van der Waals surface area (Å²) in [6.45, 7) is 0. The number of carbonyl (C=O) groups excluding carboxylic acids is 1. The van der Waals surface area contributed by atoms with Crippen molar-refractivity contribution >= 4 is 21.8 Å². The summed E-state index contributed by atoms with van der Waals surface area (Å²) in [5.41, 5.74) is 3.49. The van der Waals surface area contributed by atoms with Crippen molar-refractivity contribution in [3.05, 3.63) is 69.7 Å². The van der Waals surface area contributed by atoms with Crippen LogP contribution in [0.4, 0.5) is 0 Å². The molecule has 1 unspecified atom stereocenters. The Kier molecular flexibility index (Phi) is 3.33. The molecule has 2 aromatic rings. The van der Waals surface area contributed by atoms with Crippen LogP contribution in [0.1, 0.15) is 42.0 Å². The van der Waals surface area contributed by atoms with Gasteiger partial charge in [0.2, 0.25) is 5.91 Å². The van der Waals surface area contributed by atoms with Gasteiger partial charge in [-0.05, 0) is 54.5 Å². The first-order valence-corrected chi connectivity index (χ1v) is 8.63. The molecular weight excluding hydrogens is 338 g/mol. The van der Waals surface area contributed by atoms with Crippen LogP contribution < -0.4 is 5.32 Å². The number of nitrogens with one attached hydrogen (secondary N) is 1. The van der Waals surface area contributed by atoms with Crippen molar-refractivity contribution in [3.63, 3.8) is 0 Å². The van der Waals surface area contributed by atoms with Gasteiger partial charge in [0, 0.05) is 4.47 Å². The molecule has 2 aliphatic carbocycles. The maximum atomic E-state index is 12.9. The first kappa shape index (κ1) is 14.0. The number of rotatable bonds is 3. The minimum absolute atomic E-state index is 0.174. The minimum Gasteiger partial charge on any atom is -0.349 e. The van der Waals surface area contributed by atoms with Crippen molar-refractivity contribution in [1.29, 1.82) is 0 Å². The molecule has 0 spiro atoms. The molecule has 0 saturated heterocycles. The number of aryl methyl sites for hydroxylation is 1. The molecule has 0 radical (unpaired) electrons. The van der Waals surface area contributed by atoms with E-state index in [-0.39, 0.29) is 17.4 Å². The molecular formula is C19H18BrNO. The van der Waals surface area contributed by atoms with Gasteiger partial charge in [0.1, 0.15) is 0 Å². The molecule has 112 valence electrons. The maximum absolute atomic E-state index is 12.9. The highest BCUT2D eigenvalue weighted by atomic mass is 79.9. The summed E-state index contributed by atoms with van der Waals surface area (Å²) in [5.74, 6) is 0.187.